The molecule has 3 heteroatoms. The lowest BCUT2D eigenvalue weighted by atomic mass is 10.1. The minimum atomic E-state index is 0.224. The molecule has 0 saturated heterocycles. The van der Waals surface area contributed by atoms with Gasteiger partial charge in [-0.25, -0.2) is 4.98 Å². The van der Waals surface area contributed by atoms with Gasteiger partial charge in [0.2, 0.25) is 5.88 Å². The third-order valence-corrected chi connectivity index (χ3v) is 2.98. The van der Waals surface area contributed by atoms with Gasteiger partial charge in [-0.05, 0) is 39.3 Å². The first-order valence-corrected chi connectivity index (χ1v) is 7.04. The normalized spacial score (nSPS) is 14.2. The third kappa shape index (κ3) is 4.65. The molecule has 2 atom stereocenters. The molecule has 3 nitrogen and oxygen atoms in total. The van der Waals surface area contributed by atoms with Crippen molar-refractivity contribution in [1.29, 1.82) is 0 Å². The zero-order valence-corrected chi connectivity index (χ0v) is 12.1. The molecule has 0 aliphatic rings. The SMILES string of the molecule is CCCNC(C)c1cccnc1OC(C)CCC. The number of hydrogen-bond acceptors (Lipinski definition) is 3. The largest absolute Gasteiger partial charge is 0.474 e. The van der Waals surface area contributed by atoms with E-state index < -0.39 is 0 Å². The van der Waals surface area contributed by atoms with Crippen molar-refractivity contribution in [3.8, 4) is 5.88 Å². The van der Waals surface area contributed by atoms with Crippen LogP contribution in [0.15, 0.2) is 18.3 Å². The molecule has 2 unspecified atom stereocenters. The van der Waals surface area contributed by atoms with E-state index in [-0.39, 0.29) is 12.1 Å². The summed E-state index contributed by atoms with van der Waals surface area (Å²) in [4.78, 5) is 4.37. The van der Waals surface area contributed by atoms with E-state index in [1.165, 1.54) is 0 Å². The Hall–Kier alpha value is -1.09. The van der Waals surface area contributed by atoms with Crippen LogP contribution in [0.3, 0.4) is 0 Å². The first-order chi connectivity index (χ1) is 8.69. The Bertz CT molecular complexity index is 341. The average molecular weight is 250 g/mol. The van der Waals surface area contributed by atoms with Gasteiger partial charge in [0, 0.05) is 17.8 Å². The van der Waals surface area contributed by atoms with Crippen molar-refractivity contribution in [2.45, 2.75) is 59.1 Å². The minimum Gasteiger partial charge on any atom is -0.474 e. The Morgan fingerprint density at radius 2 is 2.06 bits per heavy atom. The molecule has 0 amide bonds. The third-order valence-electron chi connectivity index (χ3n) is 2.98. The Labute approximate surface area is 111 Å². The Kier molecular flexibility index (Phi) is 6.73. The molecule has 0 bridgehead atoms. The van der Waals surface area contributed by atoms with E-state index in [0.717, 1.165) is 37.3 Å². The summed E-state index contributed by atoms with van der Waals surface area (Å²) in [6.45, 7) is 9.62. The number of nitrogens with one attached hydrogen (secondary N) is 1. The summed E-state index contributed by atoms with van der Waals surface area (Å²) in [5, 5.41) is 3.47. The quantitative estimate of drug-likeness (QED) is 0.763. The standard InChI is InChI=1S/C15H26N2O/c1-5-8-12(3)18-15-14(9-7-11-17-15)13(4)16-10-6-2/h7,9,11-13,16H,5-6,8,10H2,1-4H3. The molecule has 1 N–H and O–H groups in total. The van der Waals surface area contributed by atoms with Gasteiger partial charge in [-0.15, -0.1) is 0 Å². The van der Waals surface area contributed by atoms with Crippen LogP contribution >= 0.6 is 0 Å². The lowest BCUT2D eigenvalue weighted by molar-refractivity contribution is 0.198. The number of ether oxygens (including phenoxy) is 1. The fraction of sp³-hybridized carbons (Fsp3) is 0.667. The summed E-state index contributed by atoms with van der Waals surface area (Å²) in [7, 11) is 0. The van der Waals surface area contributed by atoms with Gasteiger partial charge < -0.3 is 10.1 Å². The Morgan fingerprint density at radius 3 is 2.72 bits per heavy atom. The van der Waals surface area contributed by atoms with Crippen molar-refractivity contribution in [3.05, 3.63) is 23.9 Å². The van der Waals surface area contributed by atoms with Gasteiger partial charge in [-0.3, -0.25) is 0 Å². The Balaban J connectivity index is 2.72. The number of pyridine rings is 1. The van der Waals surface area contributed by atoms with Gasteiger partial charge in [0.25, 0.3) is 0 Å². The highest BCUT2D eigenvalue weighted by Gasteiger charge is 2.13. The summed E-state index contributed by atoms with van der Waals surface area (Å²) in [6, 6.07) is 4.34. The van der Waals surface area contributed by atoms with Crippen molar-refractivity contribution in [2.75, 3.05) is 6.54 Å². The first-order valence-electron chi connectivity index (χ1n) is 7.04. The molecule has 0 radical (unpaired) electrons. The summed E-state index contributed by atoms with van der Waals surface area (Å²) >= 11 is 0. The summed E-state index contributed by atoms with van der Waals surface area (Å²) < 4.78 is 5.94. The summed E-state index contributed by atoms with van der Waals surface area (Å²) in [6.07, 6.45) is 5.35. The van der Waals surface area contributed by atoms with Gasteiger partial charge >= 0.3 is 0 Å². The van der Waals surface area contributed by atoms with Crippen molar-refractivity contribution >= 4 is 0 Å². The second-order valence-corrected chi connectivity index (χ2v) is 4.79. The minimum absolute atomic E-state index is 0.224. The molecule has 0 fully saturated rings. The predicted octanol–water partition coefficient (Wildman–Crippen LogP) is 3.71. The number of nitrogens with zero attached hydrogens (tertiary/aromatic N) is 1. The van der Waals surface area contributed by atoms with Crippen LogP contribution in [0, 0.1) is 0 Å². The van der Waals surface area contributed by atoms with Crippen LogP contribution in [0.25, 0.3) is 0 Å². The van der Waals surface area contributed by atoms with Crippen LogP contribution < -0.4 is 10.1 Å². The van der Waals surface area contributed by atoms with E-state index in [9.17, 15) is 0 Å². The van der Waals surface area contributed by atoms with Crippen LogP contribution in [0.4, 0.5) is 0 Å². The molecule has 0 saturated carbocycles. The van der Waals surface area contributed by atoms with E-state index in [4.69, 9.17) is 4.74 Å². The van der Waals surface area contributed by atoms with Crippen LogP contribution in [-0.2, 0) is 0 Å². The zero-order chi connectivity index (χ0) is 13.4. The zero-order valence-electron chi connectivity index (χ0n) is 12.1. The summed E-state index contributed by atoms with van der Waals surface area (Å²) in [5.74, 6) is 0.773. The molecular weight excluding hydrogens is 224 g/mol. The molecule has 1 heterocycles. The van der Waals surface area contributed by atoms with Crippen molar-refractivity contribution in [2.24, 2.45) is 0 Å². The average Bonchev–Trinajstić information content (AvgIpc) is 2.37. The second-order valence-electron chi connectivity index (χ2n) is 4.79. The van der Waals surface area contributed by atoms with Crippen LogP contribution in [0.1, 0.15) is 58.6 Å². The highest BCUT2D eigenvalue weighted by Crippen LogP contribution is 2.23. The molecule has 0 aliphatic carbocycles. The number of hydrogen-bond donors (Lipinski definition) is 1. The highest BCUT2D eigenvalue weighted by molar-refractivity contribution is 5.28. The number of aromatic nitrogens is 1. The second kappa shape index (κ2) is 8.09. The fourth-order valence-corrected chi connectivity index (χ4v) is 1.96. The molecule has 102 valence electrons. The lowest BCUT2D eigenvalue weighted by Crippen LogP contribution is -2.21. The highest BCUT2D eigenvalue weighted by atomic mass is 16.5. The molecule has 1 aromatic heterocycles. The topological polar surface area (TPSA) is 34.2 Å². The molecule has 0 spiro atoms. The van der Waals surface area contributed by atoms with Crippen LogP contribution in [0.5, 0.6) is 5.88 Å². The van der Waals surface area contributed by atoms with Gasteiger partial charge in [-0.2, -0.15) is 0 Å². The van der Waals surface area contributed by atoms with Gasteiger partial charge in [0.05, 0.1) is 6.10 Å². The maximum Gasteiger partial charge on any atom is 0.218 e. The van der Waals surface area contributed by atoms with E-state index >= 15 is 0 Å². The maximum absolute atomic E-state index is 5.94. The maximum atomic E-state index is 5.94. The van der Waals surface area contributed by atoms with Crippen LogP contribution in [0.2, 0.25) is 0 Å². The first kappa shape index (κ1) is 15.0. The number of rotatable bonds is 8. The summed E-state index contributed by atoms with van der Waals surface area (Å²) in [5.41, 5.74) is 1.15. The molecule has 0 aromatic carbocycles. The molecule has 0 aliphatic heterocycles. The monoisotopic (exact) mass is 250 g/mol. The van der Waals surface area contributed by atoms with Gasteiger partial charge in [0.1, 0.15) is 0 Å². The van der Waals surface area contributed by atoms with E-state index in [1.807, 2.05) is 6.07 Å². The van der Waals surface area contributed by atoms with E-state index in [2.05, 4.69) is 44.1 Å². The lowest BCUT2D eigenvalue weighted by Gasteiger charge is -2.19. The van der Waals surface area contributed by atoms with E-state index in [1.54, 1.807) is 6.20 Å². The van der Waals surface area contributed by atoms with Gasteiger partial charge in [-0.1, -0.05) is 26.3 Å². The van der Waals surface area contributed by atoms with Crippen molar-refractivity contribution in [1.82, 2.24) is 10.3 Å². The smallest absolute Gasteiger partial charge is 0.218 e. The van der Waals surface area contributed by atoms with Gasteiger partial charge in [0.15, 0.2) is 0 Å². The van der Waals surface area contributed by atoms with Crippen molar-refractivity contribution < 1.29 is 4.74 Å². The molecule has 1 rings (SSSR count). The van der Waals surface area contributed by atoms with Crippen molar-refractivity contribution in [3.63, 3.8) is 0 Å². The predicted molar refractivity (Wildman–Crippen MR) is 75.9 cm³/mol. The molecule has 18 heavy (non-hydrogen) atoms. The fourth-order valence-electron chi connectivity index (χ4n) is 1.96. The van der Waals surface area contributed by atoms with E-state index in [0.29, 0.717) is 0 Å². The molecular formula is C15H26N2O. The molecule has 1 aromatic rings. The Morgan fingerprint density at radius 1 is 1.28 bits per heavy atom. The van der Waals surface area contributed by atoms with Crippen LogP contribution in [-0.4, -0.2) is 17.6 Å².